The predicted octanol–water partition coefficient (Wildman–Crippen LogP) is 1.08. The lowest BCUT2D eigenvalue weighted by atomic mass is 10.1. The van der Waals surface area contributed by atoms with Crippen LogP contribution in [0.4, 0.5) is 0 Å². The molecule has 0 aromatic carbocycles. The number of aliphatic imine (C=N–C) groups is 1. The molecule has 1 aliphatic heterocycles. The van der Waals surface area contributed by atoms with E-state index in [1.807, 2.05) is 31.2 Å². The predicted molar refractivity (Wildman–Crippen MR) is 90.4 cm³/mol. The highest BCUT2D eigenvalue weighted by atomic mass is 127. The van der Waals surface area contributed by atoms with Crippen LogP contribution in [-0.4, -0.2) is 54.5 Å². The second-order valence-electron chi connectivity index (χ2n) is 4.98. The zero-order valence-electron chi connectivity index (χ0n) is 12.4. The van der Waals surface area contributed by atoms with Crippen LogP contribution in [0.25, 0.3) is 0 Å². The molecule has 1 saturated heterocycles. The highest BCUT2D eigenvalue weighted by Crippen LogP contribution is 2.16. The lowest BCUT2D eigenvalue weighted by Gasteiger charge is -2.21. The maximum absolute atomic E-state index is 5.22. The average Bonchev–Trinajstić information content (AvgIpc) is 3.01. The fourth-order valence-electron chi connectivity index (χ4n) is 2.47. The fraction of sp³-hybridized carbons (Fsp3) is 0.692. The van der Waals surface area contributed by atoms with E-state index in [1.165, 1.54) is 6.42 Å². The van der Waals surface area contributed by atoms with Crippen LogP contribution in [0.3, 0.4) is 0 Å². The van der Waals surface area contributed by atoms with Gasteiger partial charge in [-0.15, -0.1) is 24.0 Å². The second-order valence-corrected chi connectivity index (χ2v) is 4.98. The Labute approximate surface area is 137 Å². The van der Waals surface area contributed by atoms with Gasteiger partial charge in [-0.2, -0.15) is 5.10 Å². The molecule has 0 aliphatic carbocycles. The summed E-state index contributed by atoms with van der Waals surface area (Å²) in [6.07, 6.45) is 5.05. The summed E-state index contributed by atoms with van der Waals surface area (Å²) in [5.41, 5.74) is 1.16. The zero-order valence-corrected chi connectivity index (χ0v) is 14.7. The topological polar surface area (TPSA) is 54.7 Å². The van der Waals surface area contributed by atoms with Gasteiger partial charge in [0, 0.05) is 58.5 Å². The Kier molecular flexibility index (Phi) is 7.28. The molecule has 114 valence electrons. The van der Waals surface area contributed by atoms with Crippen LogP contribution in [0, 0.1) is 5.92 Å². The summed E-state index contributed by atoms with van der Waals surface area (Å²) in [6.45, 7) is 3.64. The maximum atomic E-state index is 5.22. The summed E-state index contributed by atoms with van der Waals surface area (Å²) in [5, 5.41) is 7.55. The molecule has 6 nitrogen and oxygen atoms in total. The zero-order chi connectivity index (χ0) is 13.7. The quantitative estimate of drug-likeness (QED) is 0.473. The van der Waals surface area contributed by atoms with Crippen LogP contribution in [0.15, 0.2) is 17.4 Å². The summed E-state index contributed by atoms with van der Waals surface area (Å²) in [6, 6.07) is 0. The Morgan fingerprint density at radius 3 is 3.00 bits per heavy atom. The van der Waals surface area contributed by atoms with Crippen molar-refractivity contribution in [2.75, 3.05) is 33.9 Å². The van der Waals surface area contributed by atoms with Crippen LogP contribution < -0.4 is 5.32 Å². The van der Waals surface area contributed by atoms with E-state index >= 15 is 0 Å². The number of hydrogen-bond acceptors (Lipinski definition) is 3. The van der Waals surface area contributed by atoms with E-state index in [1.54, 1.807) is 7.11 Å². The molecule has 1 unspecified atom stereocenters. The number of likely N-dealkylation sites (tertiary alicyclic amines) is 1. The monoisotopic (exact) mass is 393 g/mol. The molecule has 1 fully saturated rings. The Balaban J connectivity index is 0.00000200. The Morgan fingerprint density at radius 2 is 2.40 bits per heavy atom. The molecule has 1 aromatic rings. The van der Waals surface area contributed by atoms with Gasteiger partial charge in [0.1, 0.15) is 0 Å². The first-order chi connectivity index (χ1) is 9.22. The van der Waals surface area contributed by atoms with Gasteiger partial charge in [0.2, 0.25) is 0 Å². The number of ether oxygens (including phenoxy) is 1. The van der Waals surface area contributed by atoms with Crippen molar-refractivity contribution in [3.05, 3.63) is 18.0 Å². The second kappa shape index (κ2) is 8.46. The van der Waals surface area contributed by atoms with Gasteiger partial charge in [-0.05, 0) is 6.42 Å². The van der Waals surface area contributed by atoms with Crippen molar-refractivity contribution >= 4 is 29.9 Å². The molecule has 0 spiro atoms. The minimum absolute atomic E-state index is 0. The van der Waals surface area contributed by atoms with Crippen molar-refractivity contribution in [3.63, 3.8) is 0 Å². The van der Waals surface area contributed by atoms with Crippen molar-refractivity contribution in [2.24, 2.45) is 18.0 Å². The van der Waals surface area contributed by atoms with Crippen LogP contribution in [0.5, 0.6) is 0 Å². The molecular weight excluding hydrogens is 369 g/mol. The number of methoxy groups -OCH3 is 1. The van der Waals surface area contributed by atoms with Gasteiger partial charge in [0.25, 0.3) is 0 Å². The molecule has 0 bridgehead atoms. The first kappa shape index (κ1) is 17.2. The number of aromatic nitrogens is 2. The fourth-order valence-corrected chi connectivity index (χ4v) is 2.47. The van der Waals surface area contributed by atoms with E-state index in [0.29, 0.717) is 5.92 Å². The molecular formula is C13H24IN5O. The minimum atomic E-state index is 0. The van der Waals surface area contributed by atoms with Gasteiger partial charge in [-0.3, -0.25) is 9.67 Å². The molecule has 20 heavy (non-hydrogen) atoms. The van der Waals surface area contributed by atoms with Crippen LogP contribution in [0.1, 0.15) is 12.0 Å². The van der Waals surface area contributed by atoms with Crippen molar-refractivity contribution in [3.8, 4) is 0 Å². The first-order valence-electron chi connectivity index (χ1n) is 6.65. The average molecular weight is 393 g/mol. The van der Waals surface area contributed by atoms with E-state index < -0.39 is 0 Å². The lowest BCUT2D eigenvalue weighted by molar-refractivity contribution is 0.157. The number of halogens is 1. The van der Waals surface area contributed by atoms with E-state index in [0.717, 1.165) is 37.8 Å². The normalized spacial score (nSPS) is 19.1. The standard InChI is InChI=1S/C13H23N5O.HI/c1-14-13(15-6-12-7-16-17(2)8-12)18-5-4-11(9-18)10-19-3;/h7-8,11H,4-6,9-10H2,1-3H3,(H,14,15);1H. The molecule has 2 heterocycles. The lowest BCUT2D eigenvalue weighted by Crippen LogP contribution is -2.39. The number of aryl methyl sites for hydroxylation is 1. The number of nitrogens with zero attached hydrogens (tertiary/aromatic N) is 4. The largest absolute Gasteiger partial charge is 0.384 e. The summed E-state index contributed by atoms with van der Waals surface area (Å²) in [5.74, 6) is 1.57. The smallest absolute Gasteiger partial charge is 0.193 e. The van der Waals surface area contributed by atoms with Gasteiger partial charge in [0.05, 0.1) is 12.8 Å². The van der Waals surface area contributed by atoms with E-state index in [4.69, 9.17) is 4.74 Å². The third-order valence-electron chi connectivity index (χ3n) is 3.41. The Bertz CT molecular complexity index is 434. The van der Waals surface area contributed by atoms with Gasteiger partial charge >= 0.3 is 0 Å². The summed E-state index contributed by atoms with van der Waals surface area (Å²) >= 11 is 0. The van der Waals surface area contributed by atoms with Crippen molar-refractivity contribution in [2.45, 2.75) is 13.0 Å². The van der Waals surface area contributed by atoms with E-state index in [9.17, 15) is 0 Å². The number of nitrogens with one attached hydrogen (secondary N) is 1. The maximum Gasteiger partial charge on any atom is 0.193 e. The molecule has 1 aromatic heterocycles. The molecule has 1 atom stereocenters. The third-order valence-corrected chi connectivity index (χ3v) is 3.41. The molecule has 1 N–H and O–H groups in total. The number of hydrogen-bond donors (Lipinski definition) is 1. The van der Waals surface area contributed by atoms with Gasteiger partial charge in [0.15, 0.2) is 5.96 Å². The SMILES string of the molecule is CN=C(NCc1cnn(C)c1)N1CCC(COC)C1.I. The van der Waals surface area contributed by atoms with Crippen LogP contribution in [0.2, 0.25) is 0 Å². The van der Waals surface area contributed by atoms with Crippen LogP contribution in [-0.2, 0) is 18.3 Å². The summed E-state index contributed by atoms with van der Waals surface area (Å²) in [4.78, 5) is 6.64. The van der Waals surface area contributed by atoms with Crippen molar-refractivity contribution in [1.29, 1.82) is 0 Å². The summed E-state index contributed by atoms with van der Waals surface area (Å²) < 4.78 is 7.03. The van der Waals surface area contributed by atoms with E-state index in [-0.39, 0.29) is 24.0 Å². The number of guanidine groups is 1. The summed E-state index contributed by atoms with van der Waals surface area (Å²) in [7, 11) is 5.52. The molecule has 0 amide bonds. The first-order valence-corrected chi connectivity index (χ1v) is 6.65. The van der Waals surface area contributed by atoms with Gasteiger partial charge in [-0.1, -0.05) is 0 Å². The van der Waals surface area contributed by atoms with Gasteiger partial charge in [-0.25, -0.2) is 0 Å². The third kappa shape index (κ3) is 4.62. The molecule has 0 radical (unpaired) electrons. The number of rotatable bonds is 4. The Hall–Kier alpha value is -0.830. The minimum Gasteiger partial charge on any atom is -0.384 e. The highest BCUT2D eigenvalue weighted by molar-refractivity contribution is 14.0. The van der Waals surface area contributed by atoms with Crippen molar-refractivity contribution in [1.82, 2.24) is 20.0 Å². The molecule has 2 rings (SSSR count). The molecule has 0 saturated carbocycles. The molecule has 7 heteroatoms. The van der Waals surface area contributed by atoms with E-state index in [2.05, 4.69) is 20.3 Å². The highest BCUT2D eigenvalue weighted by Gasteiger charge is 2.24. The Morgan fingerprint density at radius 1 is 1.60 bits per heavy atom. The molecule has 1 aliphatic rings. The van der Waals surface area contributed by atoms with Gasteiger partial charge < -0.3 is 15.0 Å². The van der Waals surface area contributed by atoms with Crippen LogP contribution >= 0.6 is 24.0 Å². The van der Waals surface area contributed by atoms with Crippen molar-refractivity contribution < 1.29 is 4.74 Å².